The van der Waals surface area contributed by atoms with E-state index in [4.69, 9.17) is 4.74 Å². The number of phenols is 1. The van der Waals surface area contributed by atoms with Gasteiger partial charge in [0.15, 0.2) is 0 Å². The molecule has 1 aromatic carbocycles. The average Bonchev–Trinajstić information content (AvgIpc) is 3.25. The number of amides is 4. The standard InChI is InChI=1S/C46H59FN6O9.C2H6/c1-28(2)41-44(59)49-37(26-32-24-33(47)27-34(55)25-32)45(60)53-23-13-16-36(52-53)46(61)62-38(29(3)15-12-19-40(56)50-39-18-10-11-22-48-39)17-9-7-6-8-14-30(4)42(57)35(43(58)51-41)21-20-31(5)54;1-2/h6-12,15,18-19,22,24-25,27-28,30,35-38,41-42,52,55,57H,13-14,16-17,20-21,23,26H2,1-5H3,(H,49,59)(H,51,58)(H,48,50,56);1-2H3/b8-6+,9-7+,19-12+,29-15+;/t30?,35?,36?,37?,38-,41?,42?;/m0./s1. The van der Waals surface area contributed by atoms with Gasteiger partial charge in [0.1, 0.15) is 47.4 Å². The second kappa shape index (κ2) is 26.6. The summed E-state index contributed by atoms with van der Waals surface area (Å²) in [4.78, 5) is 84.7. The number of anilines is 1. The smallest absolute Gasteiger partial charge is 0.325 e. The number of nitrogens with one attached hydrogen (secondary N) is 4. The number of pyridine rings is 1. The summed E-state index contributed by atoms with van der Waals surface area (Å²) in [5.74, 6) is -6.06. The molecular weight excluding hydrogens is 824 g/mol. The lowest BCUT2D eigenvalue weighted by molar-refractivity contribution is -0.156. The molecule has 1 saturated heterocycles. The minimum Gasteiger partial charge on any atom is -0.508 e. The summed E-state index contributed by atoms with van der Waals surface area (Å²) in [6.07, 6.45) is 12.3. The average molecular weight is 889 g/mol. The maximum Gasteiger partial charge on any atom is 0.325 e. The molecule has 64 heavy (non-hydrogen) atoms. The highest BCUT2D eigenvalue weighted by Gasteiger charge is 2.38. The first kappa shape index (κ1) is 52.3. The topological polar surface area (TPSA) is 216 Å². The van der Waals surface area contributed by atoms with Crippen molar-refractivity contribution in [3.05, 3.63) is 102 Å². The molecule has 2 aromatic rings. The molecule has 4 amide bonds. The first-order valence-electron chi connectivity index (χ1n) is 22.0. The predicted octanol–water partition coefficient (Wildman–Crippen LogP) is 5.56. The van der Waals surface area contributed by atoms with E-state index in [-0.39, 0.29) is 49.3 Å². The van der Waals surface area contributed by atoms with E-state index >= 15 is 0 Å². The van der Waals surface area contributed by atoms with Crippen LogP contribution in [0.25, 0.3) is 0 Å². The molecule has 2 bridgehead atoms. The third kappa shape index (κ3) is 16.9. The van der Waals surface area contributed by atoms with Gasteiger partial charge in [0.25, 0.3) is 5.91 Å². The van der Waals surface area contributed by atoms with Gasteiger partial charge in [-0.05, 0) is 86.8 Å². The third-order valence-electron chi connectivity index (χ3n) is 10.7. The summed E-state index contributed by atoms with van der Waals surface area (Å²) in [6.45, 7) is 12.4. The molecule has 0 spiro atoms. The molecule has 15 nitrogen and oxygen atoms in total. The van der Waals surface area contributed by atoms with Gasteiger partial charge < -0.3 is 35.7 Å². The van der Waals surface area contributed by atoms with E-state index in [0.29, 0.717) is 30.7 Å². The molecule has 348 valence electrons. The molecule has 2 aliphatic rings. The minimum atomic E-state index is -1.36. The molecule has 3 heterocycles. The monoisotopic (exact) mass is 888 g/mol. The van der Waals surface area contributed by atoms with E-state index in [0.717, 1.165) is 12.1 Å². The van der Waals surface area contributed by atoms with Crippen molar-refractivity contribution in [1.82, 2.24) is 26.1 Å². The number of ketones is 1. The lowest BCUT2D eigenvalue weighted by atomic mass is 9.85. The number of aliphatic hydroxyl groups excluding tert-OH is 1. The molecule has 7 atom stereocenters. The van der Waals surface area contributed by atoms with Gasteiger partial charge in [0.2, 0.25) is 17.7 Å². The Morgan fingerprint density at radius 2 is 1.75 bits per heavy atom. The Balaban J connectivity index is 0.00000537. The van der Waals surface area contributed by atoms with E-state index in [1.54, 1.807) is 76.4 Å². The van der Waals surface area contributed by atoms with Gasteiger partial charge in [-0.2, -0.15) is 0 Å². The molecule has 0 radical (unpaired) electrons. The van der Waals surface area contributed by atoms with Crippen LogP contribution in [0.2, 0.25) is 0 Å². The van der Waals surface area contributed by atoms with Crippen LogP contribution in [0.4, 0.5) is 10.2 Å². The van der Waals surface area contributed by atoms with E-state index in [9.17, 15) is 43.4 Å². The van der Waals surface area contributed by atoms with Crippen molar-refractivity contribution in [2.75, 3.05) is 11.9 Å². The number of hydrogen-bond donors (Lipinski definition) is 6. The summed E-state index contributed by atoms with van der Waals surface area (Å²) in [6, 6.07) is 4.88. The molecule has 1 fully saturated rings. The van der Waals surface area contributed by atoms with Crippen molar-refractivity contribution >= 4 is 41.2 Å². The van der Waals surface area contributed by atoms with Crippen LogP contribution in [0.15, 0.2) is 90.7 Å². The van der Waals surface area contributed by atoms with Crippen molar-refractivity contribution in [1.29, 1.82) is 0 Å². The van der Waals surface area contributed by atoms with Gasteiger partial charge in [-0.15, -0.1) is 0 Å². The number of fused-ring (bicyclic) bond motifs is 2. The maximum atomic E-state index is 14.4. The highest BCUT2D eigenvalue weighted by molar-refractivity contribution is 5.98. The van der Waals surface area contributed by atoms with Gasteiger partial charge in [0.05, 0.1) is 12.0 Å². The summed E-state index contributed by atoms with van der Waals surface area (Å²) in [5.41, 5.74) is 3.75. The van der Waals surface area contributed by atoms with Gasteiger partial charge in [-0.1, -0.05) is 77.1 Å². The number of halogens is 1. The Morgan fingerprint density at radius 3 is 2.41 bits per heavy atom. The van der Waals surface area contributed by atoms with Crippen molar-refractivity contribution in [2.45, 2.75) is 124 Å². The second-order valence-corrected chi connectivity index (χ2v) is 16.2. The molecular formula is C48H65FN6O9. The number of ether oxygens (including phenoxy) is 1. The number of carbonyl (C=O) groups is 6. The Morgan fingerprint density at radius 1 is 1.03 bits per heavy atom. The molecule has 2 aliphatic heterocycles. The number of phenolic OH excluding ortho intramolecular Hbond substituents is 1. The number of aliphatic hydroxyl groups is 1. The number of hydrazine groups is 1. The maximum absolute atomic E-state index is 14.4. The van der Waals surface area contributed by atoms with E-state index in [1.807, 2.05) is 19.9 Å². The normalized spacial score (nSPS) is 25.4. The Labute approximate surface area is 375 Å². The van der Waals surface area contributed by atoms with Crippen LogP contribution in [-0.4, -0.2) is 92.5 Å². The quantitative estimate of drug-likeness (QED) is 0.0987. The van der Waals surface area contributed by atoms with Crippen LogP contribution in [0.5, 0.6) is 5.75 Å². The minimum absolute atomic E-state index is 0.0215. The number of cyclic esters (lactones) is 1. The number of allylic oxidation sites excluding steroid dienone is 5. The summed E-state index contributed by atoms with van der Waals surface area (Å²) in [5, 5.41) is 31.0. The van der Waals surface area contributed by atoms with Gasteiger partial charge in [-0.25, -0.2) is 14.8 Å². The lowest BCUT2D eigenvalue weighted by Crippen LogP contribution is -2.62. The van der Waals surface area contributed by atoms with Crippen molar-refractivity contribution in [2.24, 2.45) is 17.8 Å². The summed E-state index contributed by atoms with van der Waals surface area (Å²) in [7, 11) is 0. The number of esters is 1. The molecule has 0 saturated carbocycles. The highest BCUT2D eigenvalue weighted by Crippen LogP contribution is 2.24. The number of aromatic hydroxyl groups is 1. The highest BCUT2D eigenvalue weighted by atomic mass is 19.1. The number of rotatable bonds is 10. The Kier molecular flexibility index (Phi) is 21.7. The molecule has 4 rings (SSSR count). The lowest BCUT2D eigenvalue weighted by Gasteiger charge is -2.36. The zero-order valence-corrected chi connectivity index (χ0v) is 37.9. The van der Waals surface area contributed by atoms with Crippen LogP contribution in [0, 0.1) is 23.6 Å². The number of aromatic nitrogens is 1. The number of Topliss-reactive ketones (excluding diaryl/α,β-unsaturated/α-hetero) is 1. The molecule has 6 N–H and O–H groups in total. The molecule has 1 aromatic heterocycles. The van der Waals surface area contributed by atoms with Crippen LogP contribution < -0.4 is 21.4 Å². The van der Waals surface area contributed by atoms with E-state index in [1.165, 1.54) is 30.2 Å². The van der Waals surface area contributed by atoms with Crippen LogP contribution in [0.3, 0.4) is 0 Å². The molecule has 16 heteroatoms. The van der Waals surface area contributed by atoms with Gasteiger partial charge >= 0.3 is 5.97 Å². The first-order valence-corrected chi connectivity index (χ1v) is 22.0. The fraction of sp³-hybridized carbons (Fsp3) is 0.479. The number of nitrogens with zero attached hydrogens (tertiary/aromatic N) is 2. The van der Waals surface area contributed by atoms with Gasteiger partial charge in [-0.3, -0.25) is 29.0 Å². The zero-order chi connectivity index (χ0) is 47.3. The predicted molar refractivity (Wildman–Crippen MR) is 241 cm³/mol. The molecule has 6 unspecified atom stereocenters. The second-order valence-electron chi connectivity index (χ2n) is 16.2. The van der Waals surface area contributed by atoms with Crippen LogP contribution >= 0.6 is 0 Å². The zero-order valence-electron chi connectivity index (χ0n) is 37.9. The Bertz CT molecular complexity index is 2000. The van der Waals surface area contributed by atoms with E-state index in [2.05, 4.69) is 26.4 Å². The fourth-order valence-electron chi connectivity index (χ4n) is 7.10. The SMILES string of the molecule is CC.CC(=O)CCC1C(=O)NC(C(C)C)C(=O)NC(Cc2cc(O)cc(F)c2)C(=O)N2CCCC(N2)C(=O)O[C@H](/C(C)=C/C=C/C(=O)Nc2ccccn2)C/C=C/C=C/CC(C)C1O. The largest absolute Gasteiger partial charge is 0.508 e. The first-order chi connectivity index (χ1) is 30.5. The van der Waals surface area contributed by atoms with E-state index < -0.39 is 83.5 Å². The number of hydrogen-bond acceptors (Lipinski definition) is 11. The fourth-order valence-corrected chi connectivity index (χ4v) is 7.10. The number of benzene rings is 1. The van der Waals surface area contributed by atoms with Crippen molar-refractivity contribution in [3.63, 3.8) is 0 Å². The van der Waals surface area contributed by atoms with Crippen molar-refractivity contribution < 1.29 is 48.1 Å². The number of carbonyl (C=O) groups excluding carboxylic acids is 6. The summed E-state index contributed by atoms with van der Waals surface area (Å²) >= 11 is 0. The summed E-state index contributed by atoms with van der Waals surface area (Å²) < 4.78 is 20.5. The third-order valence-corrected chi connectivity index (χ3v) is 10.7. The Hall–Kier alpha value is -6.00. The van der Waals surface area contributed by atoms with Gasteiger partial charge in [0, 0.05) is 44.1 Å². The van der Waals surface area contributed by atoms with Crippen molar-refractivity contribution in [3.8, 4) is 5.75 Å². The molecule has 0 aliphatic carbocycles. The van der Waals surface area contributed by atoms with Crippen LogP contribution in [0.1, 0.15) is 92.6 Å². The van der Waals surface area contributed by atoms with Crippen LogP contribution in [-0.2, 0) is 39.9 Å².